The van der Waals surface area contributed by atoms with Crippen molar-refractivity contribution in [3.05, 3.63) is 23.8 Å². The van der Waals surface area contributed by atoms with Crippen molar-refractivity contribution in [1.82, 2.24) is 35.2 Å². The number of sulfonamides is 1. The van der Waals surface area contributed by atoms with Crippen molar-refractivity contribution in [2.75, 3.05) is 0 Å². The van der Waals surface area contributed by atoms with Gasteiger partial charge in [-0.1, -0.05) is 5.21 Å². The third kappa shape index (κ3) is 3.46. The fourth-order valence-corrected chi connectivity index (χ4v) is 3.01. The van der Waals surface area contributed by atoms with E-state index < -0.39 is 10.0 Å². The molecule has 0 spiro atoms. The number of hydrogen-bond acceptors (Lipinski definition) is 6. The van der Waals surface area contributed by atoms with Gasteiger partial charge in [-0.3, -0.25) is 0 Å². The van der Waals surface area contributed by atoms with E-state index in [2.05, 4.69) is 30.7 Å². The van der Waals surface area contributed by atoms with Crippen LogP contribution >= 0.6 is 0 Å². The Bertz CT molecular complexity index is 703. The van der Waals surface area contributed by atoms with Gasteiger partial charge in [0.1, 0.15) is 0 Å². The summed E-state index contributed by atoms with van der Waals surface area (Å²) < 4.78 is 28.7. The van der Waals surface area contributed by atoms with Gasteiger partial charge in [-0.15, -0.1) is 10.2 Å². The quantitative estimate of drug-likeness (QED) is 0.620. The fourth-order valence-electron chi connectivity index (χ4n) is 1.94. The van der Waals surface area contributed by atoms with E-state index in [-0.39, 0.29) is 11.4 Å². The SMILES string of the molecule is Cn1cc(S(=O)(=O)NCc2nn[nH]n2)cc1CNC1CC1. The molecule has 10 heteroatoms. The first-order valence-corrected chi connectivity index (χ1v) is 8.13. The number of nitrogens with one attached hydrogen (secondary N) is 3. The maximum atomic E-state index is 12.2. The van der Waals surface area contributed by atoms with Crippen LogP contribution in [0.25, 0.3) is 0 Å². The third-order valence-corrected chi connectivity index (χ3v) is 4.72. The van der Waals surface area contributed by atoms with Crippen molar-refractivity contribution >= 4 is 10.0 Å². The van der Waals surface area contributed by atoms with Crippen molar-refractivity contribution in [1.29, 1.82) is 0 Å². The van der Waals surface area contributed by atoms with Gasteiger partial charge in [0.05, 0.1) is 11.4 Å². The summed E-state index contributed by atoms with van der Waals surface area (Å²) in [5.41, 5.74) is 0.932. The molecule has 1 saturated carbocycles. The molecule has 3 N–H and O–H groups in total. The highest BCUT2D eigenvalue weighted by Crippen LogP contribution is 2.20. The molecule has 0 bridgehead atoms. The predicted molar refractivity (Wildman–Crippen MR) is 73.5 cm³/mol. The molecule has 0 saturated heterocycles. The minimum Gasteiger partial charge on any atom is -0.352 e. The van der Waals surface area contributed by atoms with Crippen LogP contribution in [0.4, 0.5) is 0 Å². The molecular formula is C11H17N7O2S. The van der Waals surface area contributed by atoms with Gasteiger partial charge in [-0.25, -0.2) is 13.1 Å². The molecule has 1 aliphatic carbocycles. The first-order valence-electron chi connectivity index (χ1n) is 6.65. The Balaban J connectivity index is 1.67. The topological polar surface area (TPSA) is 118 Å². The summed E-state index contributed by atoms with van der Waals surface area (Å²) in [5, 5.41) is 16.4. The first-order chi connectivity index (χ1) is 10.0. The third-order valence-electron chi connectivity index (χ3n) is 3.35. The number of aromatic nitrogens is 5. The van der Waals surface area contributed by atoms with Crippen LogP contribution in [-0.4, -0.2) is 39.7 Å². The Hall–Kier alpha value is -1.78. The molecule has 2 aromatic heterocycles. The number of aromatic amines is 1. The number of hydrogen-bond donors (Lipinski definition) is 3. The molecule has 9 nitrogen and oxygen atoms in total. The van der Waals surface area contributed by atoms with Gasteiger partial charge in [0.15, 0.2) is 5.82 Å². The van der Waals surface area contributed by atoms with Gasteiger partial charge in [-0.05, 0) is 18.9 Å². The second-order valence-corrected chi connectivity index (χ2v) is 6.85. The molecule has 114 valence electrons. The van der Waals surface area contributed by atoms with Gasteiger partial charge in [0.25, 0.3) is 0 Å². The average molecular weight is 311 g/mol. The average Bonchev–Trinajstić information content (AvgIpc) is 2.98. The van der Waals surface area contributed by atoms with Crippen molar-refractivity contribution < 1.29 is 8.42 Å². The van der Waals surface area contributed by atoms with Gasteiger partial charge in [-0.2, -0.15) is 5.21 Å². The lowest BCUT2D eigenvalue weighted by Gasteiger charge is -2.03. The standard InChI is InChI=1S/C11H17N7O2S/c1-18-7-10(4-9(18)5-12-8-2-3-8)21(19,20)13-6-11-14-16-17-15-11/h4,7-8,12-13H,2-3,5-6H2,1H3,(H,14,15,16,17). The Kier molecular flexibility index (Phi) is 3.74. The van der Waals surface area contributed by atoms with Crippen LogP contribution in [0, 0.1) is 0 Å². The highest BCUT2D eigenvalue weighted by Gasteiger charge is 2.22. The molecule has 21 heavy (non-hydrogen) atoms. The number of nitrogens with zero attached hydrogens (tertiary/aromatic N) is 4. The fraction of sp³-hybridized carbons (Fsp3) is 0.545. The summed E-state index contributed by atoms with van der Waals surface area (Å²) >= 11 is 0. The maximum absolute atomic E-state index is 12.2. The minimum absolute atomic E-state index is 0.00336. The van der Waals surface area contributed by atoms with Crippen LogP contribution in [-0.2, 0) is 30.2 Å². The van der Waals surface area contributed by atoms with E-state index in [1.807, 2.05) is 11.6 Å². The van der Waals surface area contributed by atoms with E-state index in [9.17, 15) is 8.42 Å². The number of rotatable bonds is 7. The highest BCUT2D eigenvalue weighted by atomic mass is 32.2. The summed E-state index contributed by atoms with van der Waals surface area (Å²) in [7, 11) is -1.75. The molecule has 1 fully saturated rings. The smallest absolute Gasteiger partial charge is 0.242 e. The molecule has 0 unspecified atom stereocenters. The lowest BCUT2D eigenvalue weighted by Crippen LogP contribution is -2.23. The van der Waals surface area contributed by atoms with Crippen molar-refractivity contribution in [2.45, 2.75) is 36.9 Å². The van der Waals surface area contributed by atoms with Crippen molar-refractivity contribution in [3.8, 4) is 0 Å². The zero-order valence-corrected chi connectivity index (χ0v) is 12.4. The minimum atomic E-state index is -3.58. The molecule has 0 amide bonds. The van der Waals surface area contributed by atoms with E-state index >= 15 is 0 Å². The summed E-state index contributed by atoms with van der Waals surface area (Å²) in [6, 6.07) is 2.25. The van der Waals surface area contributed by atoms with E-state index in [4.69, 9.17) is 0 Å². The second kappa shape index (κ2) is 5.54. The van der Waals surface area contributed by atoms with Crippen molar-refractivity contribution in [2.24, 2.45) is 7.05 Å². The number of H-pyrrole nitrogens is 1. The summed E-state index contributed by atoms with van der Waals surface area (Å²) in [6.07, 6.45) is 3.99. The Morgan fingerprint density at radius 2 is 2.24 bits per heavy atom. The van der Waals surface area contributed by atoms with Crippen LogP contribution in [0.2, 0.25) is 0 Å². The van der Waals surface area contributed by atoms with Crippen LogP contribution in [0.15, 0.2) is 17.2 Å². The van der Waals surface area contributed by atoms with Crippen molar-refractivity contribution in [3.63, 3.8) is 0 Å². The summed E-state index contributed by atoms with van der Waals surface area (Å²) in [5.74, 6) is 0.296. The lowest BCUT2D eigenvalue weighted by molar-refractivity contribution is 0.579. The van der Waals surface area contributed by atoms with Gasteiger partial charge < -0.3 is 9.88 Å². The van der Waals surface area contributed by atoms with E-state index in [1.54, 1.807) is 12.3 Å². The molecule has 0 aromatic carbocycles. The molecule has 2 heterocycles. The summed E-state index contributed by atoms with van der Waals surface area (Å²) in [6.45, 7) is 0.672. The van der Waals surface area contributed by atoms with Gasteiger partial charge >= 0.3 is 0 Å². The molecule has 3 rings (SSSR count). The highest BCUT2D eigenvalue weighted by molar-refractivity contribution is 7.89. The Morgan fingerprint density at radius 1 is 1.43 bits per heavy atom. The largest absolute Gasteiger partial charge is 0.352 e. The maximum Gasteiger partial charge on any atom is 0.242 e. The normalized spacial score (nSPS) is 15.5. The van der Waals surface area contributed by atoms with Gasteiger partial charge in [0, 0.05) is 31.5 Å². The van der Waals surface area contributed by atoms with Crippen LogP contribution in [0.5, 0.6) is 0 Å². The first kappa shape index (κ1) is 14.2. The number of tetrazole rings is 1. The molecule has 0 atom stereocenters. The summed E-state index contributed by atoms with van der Waals surface area (Å²) in [4.78, 5) is 0.237. The van der Waals surface area contributed by atoms with Crippen LogP contribution < -0.4 is 10.0 Å². The Morgan fingerprint density at radius 3 is 2.90 bits per heavy atom. The lowest BCUT2D eigenvalue weighted by atomic mass is 10.4. The molecule has 0 radical (unpaired) electrons. The zero-order valence-electron chi connectivity index (χ0n) is 11.6. The van der Waals surface area contributed by atoms with E-state index in [1.165, 1.54) is 12.8 Å². The molecule has 0 aliphatic heterocycles. The zero-order chi connectivity index (χ0) is 14.9. The van der Waals surface area contributed by atoms with Crippen LogP contribution in [0.1, 0.15) is 24.4 Å². The monoisotopic (exact) mass is 311 g/mol. The Labute approximate surface area is 122 Å². The molecular weight excluding hydrogens is 294 g/mol. The van der Waals surface area contributed by atoms with E-state index in [0.29, 0.717) is 18.4 Å². The molecule has 2 aromatic rings. The molecule has 1 aliphatic rings. The number of aryl methyl sites for hydroxylation is 1. The second-order valence-electron chi connectivity index (χ2n) is 5.09. The van der Waals surface area contributed by atoms with Crippen LogP contribution in [0.3, 0.4) is 0 Å². The van der Waals surface area contributed by atoms with Gasteiger partial charge in [0.2, 0.25) is 10.0 Å². The van der Waals surface area contributed by atoms with E-state index in [0.717, 1.165) is 5.69 Å². The predicted octanol–water partition coefficient (Wildman–Crippen LogP) is -0.731.